The summed E-state index contributed by atoms with van der Waals surface area (Å²) >= 11 is 0. The van der Waals surface area contributed by atoms with Crippen LogP contribution in [0.25, 0.3) is 16.5 Å². The normalized spacial score (nSPS) is 18.0. The minimum Gasteiger partial charge on any atom is -0.462 e. The Hall–Kier alpha value is -2.82. The summed E-state index contributed by atoms with van der Waals surface area (Å²) in [4.78, 5) is 25.8. The molecular weight excluding hydrogens is 354 g/mol. The molecule has 28 heavy (non-hydrogen) atoms. The Morgan fingerprint density at radius 1 is 0.929 bits per heavy atom. The van der Waals surface area contributed by atoms with Gasteiger partial charge in [-0.15, -0.1) is 0 Å². The third-order valence-electron chi connectivity index (χ3n) is 5.31. The number of hydrogen-bond donors (Lipinski definition) is 0. The minimum atomic E-state index is -0.472. The molecule has 3 rings (SSSR count). The first kappa shape index (κ1) is 19.9. The van der Waals surface area contributed by atoms with Crippen molar-refractivity contribution in [3.05, 3.63) is 52.2 Å². The average Bonchev–Trinajstić information content (AvgIpc) is 2.92. The van der Waals surface area contributed by atoms with E-state index in [-0.39, 0.29) is 0 Å². The number of aromatic nitrogens is 1. The number of allylic oxidation sites excluding steroid dienone is 2. The van der Waals surface area contributed by atoms with E-state index in [9.17, 15) is 9.59 Å². The van der Waals surface area contributed by atoms with Gasteiger partial charge in [0.05, 0.1) is 24.4 Å². The molecule has 0 radical (unpaired) electrons. The molecule has 2 aromatic rings. The first-order chi connectivity index (χ1) is 13.3. The van der Waals surface area contributed by atoms with Crippen LogP contribution in [0.15, 0.2) is 41.0 Å². The molecule has 0 bridgehead atoms. The standard InChI is InChI=1S/C23H27NO4/c1-14(2)19-21(23(26)28-13-9-8-12-27-22(19)25)15(3)20-16(4)24(5)18-11-7-6-10-17(18)20/h6-7,10-11H,8-9,12-13H2,1-5H3/b21-15-. The van der Waals surface area contributed by atoms with Gasteiger partial charge in [-0.2, -0.15) is 0 Å². The van der Waals surface area contributed by atoms with Gasteiger partial charge in [-0.3, -0.25) is 0 Å². The number of benzene rings is 1. The Balaban J connectivity index is 2.32. The number of rotatable bonds is 1. The van der Waals surface area contributed by atoms with E-state index in [1.807, 2.05) is 59.0 Å². The van der Waals surface area contributed by atoms with E-state index in [1.54, 1.807) is 0 Å². The van der Waals surface area contributed by atoms with Gasteiger partial charge in [0, 0.05) is 29.2 Å². The molecule has 0 unspecified atom stereocenters. The van der Waals surface area contributed by atoms with Crippen LogP contribution in [0.1, 0.15) is 44.9 Å². The molecular formula is C23H27NO4. The number of fused-ring (bicyclic) bond motifs is 1. The molecule has 0 atom stereocenters. The second-order valence-electron chi connectivity index (χ2n) is 7.39. The summed E-state index contributed by atoms with van der Waals surface area (Å²) in [7, 11) is 2.00. The summed E-state index contributed by atoms with van der Waals surface area (Å²) in [6.07, 6.45) is 1.35. The van der Waals surface area contributed by atoms with Gasteiger partial charge in [0.1, 0.15) is 0 Å². The molecule has 1 saturated heterocycles. The lowest BCUT2D eigenvalue weighted by atomic mass is 9.91. The molecule has 1 aromatic heterocycles. The highest BCUT2D eigenvalue weighted by Crippen LogP contribution is 2.35. The maximum Gasteiger partial charge on any atom is 0.339 e. The largest absolute Gasteiger partial charge is 0.462 e. The zero-order chi connectivity index (χ0) is 20.4. The molecule has 1 aliphatic rings. The van der Waals surface area contributed by atoms with E-state index < -0.39 is 11.9 Å². The summed E-state index contributed by atoms with van der Waals surface area (Å²) in [5.74, 6) is -0.939. The Bertz CT molecular complexity index is 1000. The second-order valence-corrected chi connectivity index (χ2v) is 7.39. The van der Waals surface area contributed by atoms with Crippen molar-refractivity contribution in [3.63, 3.8) is 0 Å². The van der Waals surface area contributed by atoms with Crippen LogP contribution < -0.4 is 0 Å². The highest BCUT2D eigenvalue weighted by molar-refractivity contribution is 6.14. The van der Waals surface area contributed by atoms with Crippen molar-refractivity contribution < 1.29 is 19.1 Å². The van der Waals surface area contributed by atoms with Crippen molar-refractivity contribution in [2.24, 2.45) is 7.05 Å². The monoisotopic (exact) mass is 381 g/mol. The maximum atomic E-state index is 13.0. The van der Waals surface area contributed by atoms with Crippen LogP contribution >= 0.6 is 0 Å². The quantitative estimate of drug-likeness (QED) is 0.540. The Morgan fingerprint density at radius 2 is 1.50 bits per heavy atom. The minimum absolute atomic E-state index is 0.298. The van der Waals surface area contributed by atoms with Crippen LogP contribution in [0.4, 0.5) is 0 Å². The molecule has 0 spiro atoms. The summed E-state index contributed by atoms with van der Waals surface area (Å²) in [6.45, 7) is 8.18. The number of carbonyl (C=O) groups excluding carboxylic acids is 2. The lowest BCUT2D eigenvalue weighted by Crippen LogP contribution is -2.22. The van der Waals surface area contributed by atoms with Crippen LogP contribution in [-0.4, -0.2) is 29.7 Å². The van der Waals surface area contributed by atoms with Crippen LogP contribution in [0.5, 0.6) is 0 Å². The predicted molar refractivity (Wildman–Crippen MR) is 110 cm³/mol. The van der Waals surface area contributed by atoms with Gasteiger partial charge >= 0.3 is 11.9 Å². The zero-order valence-corrected chi connectivity index (χ0v) is 17.2. The highest BCUT2D eigenvalue weighted by atomic mass is 16.5. The third kappa shape index (κ3) is 3.49. The number of para-hydroxylation sites is 1. The van der Waals surface area contributed by atoms with Gasteiger partial charge < -0.3 is 14.0 Å². The first-order valence-electron chi connectivity index (χ1n) is 9.62. The highest BCUT2D eigenvalue weighted by Gasteiger charge is 2.29. The zero-order valence-electron chi connectivity index (χ0n) is 17.2. The van der Waals surface area contributed by atoms with Crippen LogP contribution in [0, 0.1) is 6.92 Å². The summed E-state index contributed by atoms with van der Waals surface area (Å²) in [6, 6.07) is 8.05. The van der Waals surface area contributed by atoms with Gasteiger partial charge in [0.25, 0.3) is 0 Å². The van der Waals surface area contributed by atoms with Crippen molar-refractivity contribution in [2.45, 2.75) is 40.5 Å². The van der Waals surface area contributed by atoms with Gasteiger partial charge in [0.15, 0.2) is 0 Å². The molecule has 0 N–H and O–H groups in total. The number of aryl methyl sites for hydroxylation is 1. The van der Waals surface area contributed by atoms with Crippen molar-refractivity contribution in [2.75, 3.05) is 13.2 Å². The van der Waals surface area contributed by atoms with Crippen molar-refractivity contribution in [1.82, 2.24) is 4.57 Å². The molecule has 0 amide bonds. The van der Waals surface area contributed by atoms with Crippen LogP contribution in [0.3, 0.4) is 0 Å². The van der Waals surface area contributed by atoms with E-state index >= 15 is 0 Å². The lowest BCUT2D eigenvalue weighted by Gasteiger charge is -2.18. The molecule has 1 aliphatic heterocycles. The fraction of sp³-hybridized carbons (Fsp3) is 0.391. The molecule has 5 heteroatoms. The third-order valence-corrected chi connectivity index (χ3v) is 5.31. The number of nitrogens with zero attached hydrogens (tertiary/aromatic N) is 1. The van der Waals surface area contributed by atoms with Crippen LogP contribution in [0.2, 0.25) is 0 Å². The SMILES string of the molecule is CC(C)=C1C(=O)OCCCCOC(=O)/C1=C(/C)c1c(C)n(C)c2ccccc12. The number of hydrogen-bond acceptors (Lipinski definition) is 4. The Kier molecular flexibility index (Phi) is 5.73. The van der Waals surface area contributed by atoms with E-state index in [2.05, 4.69) is 4.57 Å². The van der Waals surface area contributed by atoms with Gasteiger partial charge in [-0.05, 0) is 52.2 Å². The Labute approximate surface area is 165 Å². The van der Waals surface area contributed by atoms with E-state index in [1.165, 1.54) is 0 Å². The molecule has 2 heterocycles. The molecule has 1 fully saturated rings. The van der Waals surface area contributed by atoms with Crippen LogP contribution in [-0.2, 0) is 26.1 Å². The molecule has 0 aliphatic carbocycles. The number of esters is 2. The van der Waals surface area contributed by atoms with E-state index in [4.69, 9.17) is 9.47 Å². The predicted octanol–water partition coefficient (Wildman–Crippen LogP) is 4.48. The van der Waals surface area contributed by atoms with E-state index in [0.29, 0.717) is 37.2 Å². The topological polar surface area (TPSA) is 57.5 Å². The lowest BCUT2D eigenvalue weighted by molar-refractivity contribution is -0.144. The average molecular weight is 381 g/mol. The van der Waals surface area contributed by atoms with E-state index in [0.717, 1.165) is 33.3 Å². The van der Waals surface area contributed by atoms with Crippen molar-refractivity contribution >= 4 is 28.4 Å². The van der Waals surface area contributed by atoms with Gasteiger partial charge in [-0.25, -0.2) is 9.59 Å². The number of cyclic esters (lactones) is 2. The second kappa shape index (κ2) is 8.05. The summed E-state index contributed by atoms with van der Waals surface area (Å²) < 4.78 is 13.0. The number of ether oxygens (including phenoxy) is 2. The van der Waals surface area contributed by atoms with Crippen molar-refractivity contribution in [3.8, 4) is 0 Å². The van der Waals surface area contributed by atoms with Gasteiger partial charge in [0.2, 0.25) is 0 Å². The molecule has 0 saturated carbocycles. The first-order valence-corrected chi connectivity index (χ1v) is 9.62. The molecule has 5 nitrogen and oxygen atoms in total. The fourth-order valence-corrected chi connectivity index (χ4v) is 3.80. The smallest absolute Gasteiger partial charge is 0.339 e. The molecule has 1 aromatic carbocycles. The maximum absolute atomic E-state index is 13.0. The van der Waals surface area contributed by atoms with Crippen molar-refractivity contribution in [1.29, 1.82) is 0 Å². The fourth-order valence-electron chi connectivity index (χ4n) is 3.80. The number of carbonyl (C=O) groups is 2. The van der Waals surface area contributed by atoms with Gasteiger partial charge in [-0.1, -0.05) is 23.8 Å². The summed E-state index contributed by atoms with van der Waals surface area (Å²) in [5.41, 5.74) is 5.11. The molecule has 148 valence electrons. The Morgan fingerprint density at radius 3 is 2.11 bits per heavy atom. The summed E-state index contributed by atoms with van der Waals surface area (Å²) in [5, 5.41) is 1.04.